The van der Waals surface area contributed by atoms with Gasteiger partial charge in [-0.2, -0.15) is 0 Å². The Bertz CT molecular complexity index is 414. The molecule has 1 atom stereocenters. The zero-order valence-electron chi connectivity index (χ0n) is 10.7. The molecule has 0 spiro atoms. The lowest BCUT2D eigenvalue weighted by Crippen LogP contribution is -2.47. The molecule has 1 fully saturated rings. The fraction of sp³-hybridized carbons (Fsp3) is 0.714. The van der Waals surface area contributed by atoms with Crippen LogP contribution in [0.5, 0.6) is 0 Å². The molecule has 1 saturated carbocycles. The number of halogens is 1. The van der Waals surface area contributed by atoms with E-state index in [0.29, 0.717) is 18.2 Å². The maximum absolute atomic E-state index is 5.63. The predicted octanol–water partition coefficient (Wildman–Crippen LogP) is 3.89. The lowest BCUT2D eigenvalue weighted by atomic mass is 9.86. The molecular formula is C14H20INOS. The summed E-state index contributed by atoms with van der Waals surface area (Å²) in [5, 5.41) is 3.84. The van der Waals surface area contributed by atoms with Crippen molar-refractivity contribution in [2.24, 2.45) is 0 Å². The Balaban J connectivity index is 1.58. The predicted molar refractivity (Wildman–Crippen MR) is 84.3 cm³/mol. The summed E-state index contributed by atoms with van der Waals surface area (Å²) in [6.45, 7) is 2.94. The average Bonchev–Trinajstić information content (AvgIpc) is 2.67. The summed E-state index contributed by atoms with van der Waals surface area (Å²) in [6, 6.07) is 3.66. The maximum Gasteiger partial charge on any atom is 0.0659 e. The van der Waals surface area contributed by atoms with E-state index in [0.717, 1.165) is 6.61 Å². The van der Waals surface area contributed by atoms with Crippen molar-refractivity contribution in [1.82, 2.24) is 5.32 Å². The topological polar surface area (TPSA) is 21.3 Å². The van der Waals surface area contributed by atoms with Crippen LogP contribution in [0.15, 0.2) is 6.07 Å². The third-order valence-electron chi connectivity index (χ3n) is 4.02. The molecule has 3 rings (SSSR count). The van der Waals surface area contributed by atoms with Crippen LogP contribution in [-0.4, -0.2) is 18.8 Å². The third kappa shape index (κ3) is 2.76. The Labute approximate surface area is 127 Å². The fourth-order valence-corrected chi connectivity index (χ4v) is 5.17. The van der Waals surface area contributed by atoms with E-state index in [2.05, 4.69) is 40.9 Å². The van der Waals surface area contributed by atoms with Crippen LogP contribution in [-0.2, 0) is 11.2 Å². The zero-order valence-corrected chi connectivity index (χ0v) is 13.7. The van der Waals surface area contributed by atoms with E-state index in [9.17, 15) is 0 Å². The van der Waals surface area contributed by atoms with Crippen LogP contribution in [0.3, 0.4) is 0 Å². The van der Waals surface area contributed by atoms with E-state index in [1.165, 1.54) is 35.0 Å². The Morgan fingerprint density at radius 1 is 1.50 bits per heavy atom. The highest BCUT2D eigenvalue weighted by Crippen LogP contribution is 2.38. The smallest absolute Gasteiger partial charge is 0.0659 e. The molecule has 1 unspecified atom stereocenters. The van der Waals surface area contributed by atoms with Crippen LogP contribution in [0, 0.1) is 2.88 Å². The molecule has 0 saturated heterocycles. The second kappa shape index (κ2) is 5.77. The van der Waals surface area contributed by atoms with Gasteiger partial charge in [0, 0.05) is 23.6 Å². The largest absolute Gasteiger partial charge is 0.378 e. The summed E-state index contributed by atoms with van der Waals surface area (Å²) < 4.78 is 7.07. The van der Waals surface area contributed by atoms with Crippen molar-refractivity contribution in [3.63, 3.8) is 0 Å². The molecule has 1 aromatic heterocycles. The van der Waals surface area contributed by atoms with Crippen LogP contribution < -0.4 is 5.32 Å². The minimum absolute atomic E-state index is 0.512. The van der Waals surface area contributed by atoms with Gasteiger partial charge in [0.1, 0.15) is 0 Å². The number of aryl methyl sites for hydroxylation is 1. The molecule has 4 heteroatoms. The molecule has 1 N–H and O–H groups in total. The Hall–Kier alpha value is 0.350. The Kier molecular flexibility index (Phi) is 4.28. The highest BCUT2D eigenvalue weighted by molar-refractivity contribution is 14.1. The van der Waals surface area contributed by atoms with Gasteiger partial charge >= 0.3 is 0 Å². The van der Waals surface area contributed by atoms with Gasteiger partial charge in [-0.05, 0) is 73.2 Å². The van der Waals surface area contributed by atoms with Crippen molar-refractivity contribution < 1.29 is 4.74 Å². The van der Waals surface area contributed by atoms with Gasteiger partial charge in [-0.15, -0.1) is 11.3 Å². The van der Waals surface area contributed by atoms with Gasteiger partial charge in [0.15, 0.2) is 0 Å². The third-order valence-corrected chi connectivity index (χ3v) is 5.99. The van der Waals surface area contributed by atoms with Crippen molar-refractivity contribution >= 4 is 33.9 Å². The van der Waals surface area contributed by atoms with Gasteiger partial charge in [-0.25, -0.2) is 0 Å². The molecule has 18 heavy (non-hydrogen) atoms. The first-order chi connectivity index (χ1) is 8.76. The maximum atomic E-state index is 5.63. The summed E-state index contributed by atoms with van der Waals surface area (Å²) in [5.41, 5.74) is 1.58. The quantitative estimate of drug-likeness (QED) is 0.804. The normalized spacial score (nSPS) is 30.9. The van der Waals surface area contributed by atoms with Gasteiger partial charge in [0.2, 0.25) is 0 Å². The molecule has 2 aliphatic carbocycles. The van der Waals surface area contributed by atoms with E-state index in [4.69, 9.17) is 4.74 Å². The first-order valence-electron chi connectivity index (χ1n) is 6.92. The molecule has 1 aromatic rings. The van der Waals surface area contributed by atoms with Gasteiger partial charge in [-0.3, -0.25) is 0 Å². The number of rotatable bonds is 4. The Morgan fingerprint density at radius 2 is 2.33 bits per heavy atom. The second-order valence-corrected chi connectivity index (χ2v) is 8.32. The summed E-state index contributed by atoms with van der Waals surface area (Å²) in [6.07, 6.45) is 6.83. The molecule has 0 bridgehead atoms. The van der Waals surface area contributed by atoms with Crippen molar-refractivity contribution in [2.75, 3.05) is 6.61 Å². The van der Waals surface area contributed by atoms with Crippen LogP contribution in [0.25, 0.3) is 0 Å². The summed E-state index contributed by atoms with van der Waals surface area (Å²) in [4.78, 5) is 1.61. The summed E-state index contributed by atoms with van der Waals surface area (Å²) in [7, 11) is 0. The fourth-order valence-electron chi connectivity index (χ4n) is 3.05. The monoisotopic (exact) mass is 377 g/mol. The minimum atomic E-state index is 0.512. The van der Waals surface area contributed by atoms with E-state index >= 15 is 0 Å². The molecule has 0 amide bonds. The Morgan fingerprint density at radius 3 is 3.11 bits per heavy atom. The van der Waals surface area contributed by atoms with Crippen molar-refractivity contribution in [2.45, 2.75) is 57.2 Å². The molecule has 0 aliphatic heterocycles. The molecule has 2 nitrogen and oxygen atoms in total. The van der Waals surface area contributed by atoms with Gasteiger partial charge in [-0.1, -0.05) is 0 Å². The van der Waals surface area contributed by atoms with Crippen molar-refractivity contribution in [3.8, 4) is 0 Å². The van der Waals surface area contributed by atoms with Crippen LogP contribution in [0.1, 0.15) is 49.1 Å². The van der Waals surface area contributed by atoms with Crippen molar-refractivity contribution in [1.29, 1.82) is 0 Å². The van der Waals surface area contributed by atoms with Gasteiger partial charge in [0.05, 0.1) is 8.99 Å². The molecule has 2 aliphatic rings. The molecule has 0 aromatic carbocycles. The van der Waals surface area contributed by atoms with Crippen LogP contribution in [0.4, 0.5) is 0 Å². The molecule has 1 heterocycles. The van der Waals surface area contributed by atoms with Crippen molar-refractivity contribution in [3.05, 3.63) is 19.4 Å². The second-order valence-electron chi connectivity index (χ2n) is 5.29. The van der Waals surface area contributed by atoms with E-state index < -0.39 is 0 Å². The summed E-state index contributed by atoms with van der Waals surface area (Å²) >= 11 is 4.43. The van der Waals surface area contributed by atoms with Crippen LogP contribution >= 0.6 is 33.9 Å². The lowest BCUT2D eigenvalue weighted by Gasteiger charge is -2.39. The highest BCUT2D eigenvalue weighted by atomic mass is 127. The molecule has 100 valence electrons. The SMILES string of the molecule is CCOC1CC(NC2CCCc3sc(I)cc32)C1. The number of hydrogen-bond acceptors (Lipinski definition) is 3. The minimum Gasteiger partial charge on any atom is -0.378 e. The number of nitrogens with one attached hydrogen (secondary N) is 1. The first-order valence-corrected chi connectivity index (χ1v) is 8.81. The number of thiophene rings is 1. The lowest BCUT2D eigenvalue weighted by molar-refractivity contribution is -0.0129. The summed E-state index contributed by atoms with van der Waals surface area (Å²) in [5.74, 6) is 0. The average molecular weight is 377 g/mol. The van der Waals surface area contributed by atoms with E-state index in [-0.39, 0.29) is 0 Å². The number of fused-ring (bicyclic) bond motifs is 1. The highest BCUT2D eigenvalue weighted by Gasteiger charge is 2.33. The first kappa shape index (κ1) is 13.3. The van der Waals surface area contributed by atoms with Gasteiger partial charge in [0.25, 0.3) is 0 Å². The molecule has 0 radical (unpaired) electrons. The number of ether oxygens (including phenoxy) is 1. The van der Waals surface area contributed by atoms with Gasteiger partial charge < -0.3 is 10.1 Å². The molecular weight excluding hydrogens is 357 g/mol. The van der Waals surface area contributed by atoms with E-state index in [1.807, 2.05) is 11.3 Å². The van der Waals surface area contributed by atoms with E-state index in [1.54, 1.807) is 10.4 Å². The zero-order chi connectivity index (χ0) is 12.5. The standard InChI is InChI=1S/C14H20INOS/c1-2-17-10-6-9(7-10)16-12-4-3-5-13-11(12)8-14(15)18-13/h8-10,12,16H,2-7H2,1H3. The number of hydrogen-bond donors (Lipinski definition) is 1. The van der Waals surface area contributed by atoms with Crippen LogP contribution in [0.2, 0.25) is 0 Å².